The van der Waals surface area contributed by atoms with Crippen molar-refractivity contribution in [1.82, 2.24) is 10.6 Å². The third kappa shape index (κ3) is 2.90. The fourth-order valence-electron chi connectivity index (χ4n) is 1.89. The van der Waals surface area contributed by atoms with Crippen molar-refractivity contribution in [3.05, 3.63) is 32.2 Å². The Morgan fingerprint density at radius 2 is 2.20 bits per heavy atom. The monoisotopic (exact) mass is 406 g/mol. The Kier molecular flexibility index (Phi) is 4.54. The molecule has 6 nitrogen and oxygen atoms in total. The lowest BCUT2D eigenvalue weighted by atomic mass is 10.0. The summed E-state index contributed by atoms with van der Waals surface area (Å²) in [6.45, 7) is 3.62. The van der Waals surface area contributed by atoms with Gasteiger partial charge in [-0.05, 0) is 51.8 Å². The van der Waals surface area contributed by atoms with E-state index < -0.39 is 18.0 Å². The van der Waals surface area contributed by atoms with Gasteiger partial charge in [-0.3, -0.25) is 0 Å². The molecule has 1 aromatic heterocycles. The van der Waals surface area contributed by atoms with Gasteiger partial charge in [-0.15, -0.1) is 0 Å². The van der Waals surface area contributed by atoms with Crippen molar-refractivity contribution in [3.63, 3.8) is 0 Å². The number of carbonyl (C=O) groups is 2. The minimum Gasteiger partial charge on any atom is -0.463 e. The van der Waals surface area contributed by atoms with E-state index >= 15 is 0 Å². The lowest BCUT2D eigenvalue weighted by Gasteiger charge is -2.26. The standard InChI is InChI=1S/C12H12Br2N2O4/c1-3-19-11(17)8-5(2)15-12(18)16-9(8)7-4-6(13)10(14)20-7/h4,9H,3H2,1-2H3,(H2,15,16,18)/t9-/m1/s1. The van der Waals surface area contributed by atoms with Crippen molar-refractivity contribution in [1.29, 1.82) is 0 Å². The first-order valence-corrected chi connectivity index (χ1v) is 7.42. The highest BCUT2D eigenvalue weighted by Crippen LogP contribution is 2.34. The highest BCUT2D eigenvalue weighted by molar-refractivity contribution is 9.13. The second kappa shape index (κ2) is 6.01. The zero-order chi connectivity index (χ0) is 14.9. The summed E-state index contributed by atoms with van der Waals surface area (Å²) in [5, 5.41) is 5.20. The van der Waals surface area contributed by atoms with Crippen LogP contribution in [0.2, 0.25) is 0 Å². The summed E-state index contributed by atoms with van der Waals surface area (Å²) in [6, 6.07) is 0.599. The number of furan rings is 1. The van der Waals surface area contributed by atoms with Gasteiger partial charge in [0.25, 0.3) is 0 Å². The maximum atomic E-state index is 12.1. The maximum Gasteiger partial charge on any atom is 0.338 e. The van der Waals surface area contributed by atoms with Crippen LogP contribution in [0, 0.1) is 0 Å². The first kappa shape index (κ1) is 15.1. The lowest BCUT2D eigenvalue weighted by Crippen LogP contribution is -2.45. The zero-order valence-corrected chi connectivity index (χ0v) is 13.9. The minimum absolute atomic E-state index is 0.252. The molecule has 2 N–H and O–H groups in total. The van der Waals surface area contributed by atoms with Gasteiger partial charge in [0.05, 0.1) is 16.7 Å². The van der Waals surface area contributed by atoms with E-state index in [1.54, 1.807) is 19.9 Å². The van der Waals surface area contributed by atoms with Crippen LogP contribution in [0.1, 0.15) is 25.6 Å². The molecule has 2 rings (SSSR count). The quantitative estimate of drug-likeness (QED) is 0.754. The van der Waals surface area contributed by atoms with Crippen LogP contribution in [0.4, 0.5) is 4.79 Å². The summed E-state index contributed by atoms with van der Waals surface area (Å²) < 4.78 is 11.7. The molecule has 2 heterocycles. The maximum absolute atomic E-state index is 12.1. The summed E-state index contributed by atoms with van der Waals surface area (Å²) >= 11 is 6.53. The molecule has 0 aromatic carbocycles. The molecule has 0 saturated carbocycles. The molecule has 0 unspecified atom stereocenters. The Balaban J connectivity index is 2.44. The van der Waals surface area contributed by atoms with Crippen LogP contribution in [-0.4, -0.2) is 18.6 Å². The molecule has 1 aliphatic heterocycles. The van der Waals surface area contributed by atoms with Crippen LogP contribution in [-0.2, 0) is 9.53 Å². The van der Waals surface area contributed by atoms with Crippen molar-refractivity contribution in [2.45, 2.75) is 19.9 Å². The van der Waals surface area contributed by atoms with Crippen LogP contribution >= 0.6 is 31.9 Å². The first-order chi connectivity index (χ1) is 9.43. The van der Waals surface area contributed by atoms with Gasteiger partial charge >= 0.3 is 12.0 Å². The topological polar surface area (TPSA) is 80.6 Å². The minimum atomic E-state index is -0.689. The van der Waals surface area contributed by atoms with Gasteiger partial charge in [0.2, 0.25) is 0 Å². The molecular weight excluding hydrogens is 396 g/mol. The van der Waals surface area contributed by atoms with Crippen LogP contribution in [0.25, 0.3) is 0 Å². The third-order valence-corrected chi connectivity index (χ3v) is 4.42. The molecule has 20 heavy (non-hydrogen) atoms. The molecule has 108 valence electrons. The number of allylic oxidation sites excluding steroid dienone is 1. The average molecular weight is 408 g/mol. The fraction of sp³-hybridized carbons (Fsp3) is 0.333. The van der Waals surface area contributed by atoms with E-state index in [4.69, 9.17) is 9.15 Å². The predicted molar refractivity (Wildman–Crippen MR) is 77.8 cm³/mol. The van der Waals surface area contributed by atoms with E-state index in [1.165, 1.54) is 0 Å². The van der Waals surface area contributed by atoms with Crippen molar-refractivity contribution >= 4 is 43.9 Å². The van der Waals surface area contributed by atoms with Gasteiger partial charge in [-0.1, -0.05) is 0 Å². The third-order valence-electron chi connectivity index (χ3n) is 2.71. The molecule has 2 amide bonds. The number of carbonyl (C=O) groups excluding carboxylic acids is 2. The van der Waals surface area contributed by atoms with Gasteiger partial charge in [0.1, 0.15) is 11.8 Å². The number of hydrogen-bond acceptors (Lipinski definition) is 4. The second-order valence-corrected chi connectivity index (χ2v) is 5.64. The molecule has 0 spiro atoms. The molecule has 8 heteroatoms. The Morgan fingerprint density at radius 3 is 2.75 bits per heavy atom. The van der Waals surface area contributed by atoms with E-state index in [9.17, 15) is 9.59 Å². The second-order valence-electron chi connectivity index (χ2n) is 4.06. The van der Waals surface area contributed by atoms with Gasteiger partial charge in [-0.2, -0.15) is 0 Å². The summed E-state index contributed by atoms with van der Waals surface area (Å²) in [4.78, 5) is 23.7. The van der Waals surface area contributed by atoms with Crippen molar-refractivity contribution < 1.29 is 18.7 Å². The van der Waals surface area contributed by atoms with Gasteiger partial charge in [0.15, 0.2) is 4.67 Å². The first-order valence-electron chi connectivity index (χ1n) is 5.84. The Labute approximate surface area is 132 Å². The Bertz CT molecular complexity index is 575. The molecular formula is C12H12Br2N2O4. The van der Waals surface area contributed by atoms with Gasteiger partial charge < -0.3 is 19.8 Å². The van der Waals surface area contributed by atoms with E-state index in [0.29, 0.717) is 26.2 Å². The highest BCUT2D eigenvalue weighted by Gasteiger charge is 2.34. The number of nitrogens with one attached hydrogen (secondary N) is 2. The van der Waals surface area contributed by atoms with Crippen LogP contribution in [0.5, 0.6) is 0 Å². The molecule has 1 atom stereocenters. The van der Waals surface area contributed by atoms with E-state index in [1.807, 2.05) is 0 Å². The summed E-state index contributed by atoms with van der Waals surface area (Å²) in [5.74, 6) is -0.0628. The number of esters is 1. The summed E-state index contributed by atoms with van der Waals surface area (Å²) in [6.07, 6.45) is 0. The predicted octanol–water partition coefficient (Wildman–Crippen LogP) is 3.00. The SMILES string of the molecule is CCOC(=O)C1=C(C)NC(=O)N[C@@H]1c1cc(Br)c(Br)o1. The number of ether oxygens (including phenoxy) is 1. The number of hydrogen-bond donors (Lipinski definition) is 2. The van der Waals surface area contributed by atoms with Crippen molar-refractivity contribution in [3.8, 4) is 0 Å². The number of amides is 2. The van der Waals surface area contributed by atoms with Crippen LogP contribution < -0.4 is 10.6 Å². The van der Waals surface area contributed by atoms with E-state index in [2.05, 4.69) is 42.5 Å². The smallest absolute Gasteiger partial charge is 0.338 e. The number of rotatable bonds is 3. The Morgan fingerprint density at radius 1 is 1.50 bits per heavy atom. The van der Waals surface area contributed by atoms with Gasteiger partial charge in [-0.25, -0.2) is 9.59 Å². The summed E-state index contributed by atoms with van der Waals surface area (Å²) in [5.41, 5.74) is 0.765. The highest BCUT2D eigenvalue weighted by atomic mass is 79.9. The van der Waals surface area contributed by atoms with E-state index in [-0.39, 0.29) is 6.61 Å². The normalized spacial score (nSPS) is 18.6. The average Bonchev–Trinajstić information content (AvgIpc) is 2.68. The van der Waals surface area contributed by atoms with Crippen LogP contribution in [0.3, 0.4) is 0 Å². The van der Waals surface area contributed by atoms with Crippen LogP contribution in [0.15, 0.2) is 30.9 Å². The van der Waals surface area contributed by atoms with E-state index in [0.717, 1.165) is 0 Å². The zero-order valence-electron chi connectivity index (χ0n) is 10.8. The molecule has 1 aromatic rings. The fourth-order valence-corrected chi connectivity index (χ4v) is 2.50. The largest absolute Gasteiger partial charge is 0.463 e. The summed E-state index contributed by atoms with van der Waals surface area (Å²) in [7, 11) is 0. The van der Waals surface area contributed by atoms with Crippen molar-refractivity contribution in [2.24, 2.45) is 0 Å². The van der Waals surface area contributed by atoms with Crippen molar-refractivity contribution in [2.75, 3.05) is 6.61 Å². The number of halogens is 2. The molecule has 0 radical (unpaired) electrons. The molecule has 0 bridgehead atoms. The number of urea groups is 1. The molecule has 1 aliphatic rings. The lowest BCUT2D eigenvalue weighted by molar-refractivity contribution is -0.139. The Hall–Kier alpha value is -1.28. The van der Waals surface area contributed by atoms with Gasteiger partial charge in [0, 0.05) is 5.70 Å². The molecule has 0 fully saturated rings. The molecule has 0 saturated heterocycles. The molecule has 0 aliphatic carbocycles.